The molecule has 0 amide bonds. The van der Waals surface area contributed by atoms with Crippen molar-refractivity contribution in [3.63, 3.8) is 0 Å². The molecule has 2 N–H and O–H groups in total. The molecule has 0 saturated heterocycles. The van der Waals surface area contributed by atoms with E-state index in [1.807, 2.05) is 0 Å². The number of aromatic hydroxyl groups is 2. The Bertz CT molecular complexity index is 375. The second kappa shape index (κ2) is 8.68. The molecule has 0 aromatic heterocycles. The molecule has 0 unspecified atom stereocenters. The molecule has 0 heterocycles. The number of rotatable bonds is 9. The molecule has 19 heavy (non-hydrogen) atoms. The zero-order chi connectivity index (χ0) is 14.1. The smallest absolute Gasteiger partial charge is 0.129 e. The maximum Gasteiger partial charge on any atom is 0.129 e. The van der Waals surface area contributed by atoms with Gasteiger partial charge >= 0.3 is 0 Å². The van der Waals surface area contributed by atoms with Crippen molar-refractivity contribution in [2.45, 2.75) is 58.8 Å². The van der Waals surface area contributed by atoms with Crippen molar-refractivity contribution < 1.29 is 14.9 Å². The summed E-state index contributed by atoms with van der Waals surface area (Å²) < 4.78 is 5.71. The van der Waals surface area contributed by atoms with Crippen LogP contribution in [0.4, 0.5) is 0 Å². The average Bonchev–Trinajstić information content (AvgIpc) is 2.37. The van der Waals surface area contributed by atoms with Crippen LogP contribution >= 0.6 is 0 Å². The number of unbranched alkanes of at least 4 members (excludes halogenated alkanes) is 4. The summed E-state index contributed by atoms with van der Waals surface area (Å²) in [5.41, 5.74) is 0.822. The zero-order valence-electron chi connectivity index (χ0n) is 12.1. The van der Waals surface area contributed by atoms with E-state index in [1.54, 1.807) is 6.07 Å². The lowest BCUT2D eigenvalue weighted by atomic mass is 10.0. The predicted octanol–water partition coefficient (Wildman–Crippen LogP) is 4.40. The summed E-state index contributed by atoms with van der Waals surface area (Å²) in [6.07, 6.45) is 7.39. The van der Waals surface area contributed by atoms with E-state index in [0.29, 0.717) is 12.4 Å². The van der Waals surface area contributed by atoms with E-state index in [0.717, 1.165) is 50.5 Å². The van der Waals surface area contributed by atoms with E-state index in [9.17, 15) is 10.2 Å². The highest BCUT2D eigenvalue weighted by molar-refractivity contribution is 5.49. The first kappa shape index (κ1) is 15.7. The zero-order valence-corrected chi connectivity index (χ0v) is 12.1. The minimum absolute atomic E-state index is 0.0576. The van der Waals surface area contributed by atoms with E-state index < -0.39 is 0 Å². The third-order valence-corrected chi connectivity index (χ3v) is 3.21. The largest absolute Gasteiger partial charge is 0.508 e. The van der Waals surface area contributed by atoms with E-state index in [-0.39, 0.29) is 11.5 Å². The lowest BCUT2D eigenvalue weighted by Crippen LogP contribution is -2.01. The molecule has 108 valence electrons. The van der Waals surface area contributed by atoms with Crippen LogP contribution in [0.25, 0.3) is 0 Å². The van der Waals surface area contributed by atoms with Crippen LogP contribution in [0, 0.1) is 0 Å². The van der Waals surface area contributed by atoms with Gasteiger partial charge in [0, 0.05) is 17.7 Å². The molecular weight excluding hydrogens is 240 g/mol. The Morgan fingerprint density at radius 3 is 2.32 bits per heavy atom. The van der Waals surface area contributed by atoms with Gasteiger partial charge in [-0.3, -0.25) is 0 Å². The summed E-state index contributed by atoms with van der Waals surface area (Å²) >= 11 is 0. The Labute approximate surface area is 116 Å². The van der Waals surface area contributed by atoms with Crippen LogP contribution in [0.3, 0.4) is 0 Å². The van der Waals surface area contributed by atoms with Gasteiger partial charge in [0.25, 0.3) is 0 Å². The maximum atomic E-state index is 9.93. The van der Waals surface area contributed by atoms with Gasteiger partial charge in [-0.25, -0.2) is 0 Å². The van der Waals surface area contributed by atoms with Crippen LogP contribution in [0.5, 0.6) is 17.2 Å². The molecule has 3 nitrogen and oxygen atoms in total. The van der Waals surface area contributed by atoms with Gasteiger partial charge in [-0.2, -0.15) is 0 Å². The van der Waals surface area contributed by atoms with Gasteiger partial charge in [-0.1, -0.05) is 39.5 Å². The van der Waals surface area contributed by atoms with Crippen molar-refractivity contribution in [1.82, 2.24) is 0 Å². The van der Waals surface area contributed by atoms with Gasteiger partial charge in [0.2, 0.25) is 0 Å². The minimum Gasteiger partial charge on any atom is -0.508 e. The molecule has 0 saturated carbocycles. The number of hydrogen-bond donors (Lipinski definition) is 2. The normalized spacial score (nSPS) is 10.6. The lowest BCUT2D eigenvalue weighted by Gasteiger charge is -2.13. The Balaban J connectivity index is 2.69. The van der Waals surface area contributed by atoms with E-state index in [1.165, 1.54) is 6.07 Å². The Hall–Kier alpha value is -1.38. The van der Waals surface area contributed by atoms with Crippen LogP contribution in [-0.2, 0) is 6.42 Å². The summed E-state index contributed by atoms with van der Waals surface area (Å²) in [5.74, 6) is 0.827. The van der Waals surface area contributed by atoms with Gasteiger partial charge < -0.3 is 14.9 Å². The number of phenolic OH excluding ortho intramolecular Hbond substituents is 2. The van der Waals surface area contributed by atoms with Crippen molar-refractivity contribution >= 4 is 0 Å². The molecular formula is C16H26O3. The molecule has 1 rings (SSSR count). The number of ether oxygens (including phenoxy) is 1. The van der Waals surface area contributed by atoms with Crippen LogP contribution in [-0.4, -0.2) is 16.8 Å². The second-order valence-electron chi connectivity index (χ2n) is 4.95. The first-order chi connectivity index (χ1) is 9.19. The molecule has 0 aliphatic heterocycles. The van der Waals surface area contributed by atoms with Crippen molar-refractivity contribution in [2.24, 2.45) is 0 Å². The van der Waals surface area contributed by atoms with Gasteiger partial charge in [0.05, 0.1) is 6.61 Å². The molecule has 3 heteroatoms. The first-order valence-electron chi connectivity index (χ1n) is 7.36. The number of phenols is 2. The molecule has 0 bridgehead atoms. The molecule has 0 aliphatic rings. The molecule has 0 atom stereocenters. The quantitative estimate of drug-likeness (QED) is 0.651. The summed E-state index contributed by atoms with van der Waals surface area (Å²) in [5, 5.41) is 19.5. The Kier molecular flexibility index (Phi) is 7.16. The maximum absolute atomic E-state index is 9.93. The monoisotopic (exact) mass is 266 g/mol. The van der Waals surface area contributed by atoms with Crippen LogP contribution < -0.4 is 4.74 Å². The topological polar surface area (TPSA) is 49.7 Å². The minimum atomic E-state index is 0.0576. The standard InChI is InChI=1S/C16H26O3/c1-3-5-7-9-14-15(18)11-13(17)12-16(14)19-10-8-6-4-2/h11-12,17-18H,3-10H2,1-2H3. The highest BCUT2D eigenvalue weighted by Gasteiger charge is 2.11. The summed E-state index contributed by atoms with van der Waals surface area (Å²) in [6.45, 7) is 4.94. The highest BCUT2D eigenvalue weighted by atomic mass is 16.5. The lowest BCUT2D eigenvalue weighted by molar-refractivity contribution is 0.298. The molecule has 0 radical (unpaired) electrons. The van der Waals surface area contributed by atoms with E-state index in [4.69, 9.17) is 4.74 Å². The average molecular weight is 266 g/mol. The van der Waals surface area contributed by atoms with Crippen LogP contribution in [0.15, 0.2) is 12.1 Å². The van der Waals surface area contributed by atoms with Gasteiger partial charge in [0.15, 0.2) is 0 Å². The predicted molar refractivity (Wildman–Crippen MR) is 78.0 cm³/mol. The first-order valence-corrected chi connectivity index (χ1v) is 7.36. The van der Waals surface area contributed by atoms with Crippen LogP contribution in [0.2, 0.25) is 0 Å². The summed E-state index contributed by atoms with van der Waals surface area (Å²) in [4.78, 5) is 0. The van der Waals surface area contributed by atoms with Crippen molar-refractivity contribution in [2.75, 3.05) is 6.61 Å². The molecule has 1 aromatic carbocycles. The molecule has 0 spiro atoms. The van der Waals surface area contributed by atoms with Gasteiger partial charge in [-0.15, -0.1) is 0 Å². The summed E-state index contributed by atoms with van der Waals surface area (Å²) in [6, 6.07) is 2.99. The molecule has 0 aliphatic carbocycles. The number of benzene rings is 1. The van der Waals surface area contributed by atoms with Crippen molar-refractivity contribution in [3.8, 4) is 17.2 Å². The second-order valence-corrected chi connectivity index (χ2v) is 4.95. The number of hydrogen-bond acceptors (Lipinski definition) is 3. The third kappa shape index (κ3) is 5.41. The molecule has 1 aromatic rings. The van der Waals surface area contributed by atoms with Crippen molar-refractivity contribution in [1.29, 1.82) is 0 Å². The van der Waals surface area contributed by atoms with E-state index >= 15 is 0 Å². The van der Waals surface area contributed by atoms with Gasteiger partial charge in [-0.05, 0) is 19.3 Å². The fourth-order valence-corrected chi connectivity index (χ4v) is 2.08. The SMILES string of the molecule is CCCCCOc1cc(O)cc(O)c1CCCCC. The summed E-state index contributed by atoms with van der Waals surface area (Å²) in [7, 11) is 0. The fourth-order valence-electron chi connectivity index (χ4n) is 2.08. The third-order valence-electron chi connectivity index (χ3n) is 3.21. The van der Waals surface area contributed by atoms with E-state index in [2.05, 4.69) is 13.8 Å². The molecule has 0 fully saturated rings. The Morgan fingerprint density at radius 2 is 1.63 bits per heavy atom. The highest BCUT2D eigenvalue weighted by Crippen LogP contribution is 2.34. The fraction of sp³-hybridized carbons (Fsp3) is 0.625. The van der Waals surface area contributed by atoms with Gasteiger partial charge in [0.1, 0.15) is 17.2 Å². The van der Waals surface area contributed by atoms with Crippen LogP contribution in [0.1, 0.15) is 57.9 Å². The Morgan fingerprint density at radius 1 is 0.947 bits per heavy atom. The van der Waals surface area contributed by atoms with Crippen molar-refractivity contribution in [3.05, 3.63) is 17.7 Å².